The maximum Gasteiger partial charge on any atom is 0.271 e. The third-order valence-electron chi connectivity index (χ3n) is 5.02. The molecule has 4 N–H and O–H groups in total. The van der Waals surface area contributed by atoms with Crippen LogP contribution in [0, 0.1) is 5.41 Å². The number of hydrogen-bond donors (Lipinski definition) is 3. The second-order valence-corrected chi connectivity index (χ2v) is 6.48. The van der Waals surface area contributed by atoms with Gasteiger partial charge in [0.2, 0.25) is 0 Å². The molecule has 7 nitrogen and oxygen atoms in total. The van der Waals surface area contributed by atoms with Gasteiger partial charge in [-0.25, -0.2) is 10.8 Å². The van der Waals surface area contributed by atoms with Gasteiger partial charge in [0.05, 0.1) is 5.36 Å². The number of carbonyl (C=O) groups excluding carboxylic acids is 1. The zero-order valence-electron chi connectivity index (χ0n) is 15.7. The summed E-state index contributed by atoms with van der Waals surface area (Å²) in [6, 6.07) is 13.2. The number of aromatic nitrogens is 1. The molecule has 0 unspecified atom stereocenters. The molecule has 2 aromatic rings. The van der Waals surface area contributed by atoms with Crippen molar-refractivity contribution in [3.63, 3.8) is 0 Å². The Morgan fingerprint density at radius 1 is 1.18 bits per heavy atom. The first-order valence-corrected chi connectivity index (χ1v) is 9.18. The lowest BCUT2D eigenvalue weighted by Crippen LogP contribution is -2.34. The van der Waals surface area contributed by atoms with Crippen molar-refractivity contribution in [3.8, 4) is 11.5 Å². The van der Waals surface area contributed by atoms with E-state index in [0.717, 1.165) is 24.2 Å². The Balaban J connectivity index is 2.12. The maximum absolute atomic E-state index is 12.4. The first kappa shape index (κ1) is 17.9. The van der Waals surface area contributed by atoms with Gasteiger partial charge in [-0.05, 0) is 26.0 Å². The summed E-state index contributed by atoms with van der Waals surface area (Å²) in [5, 5.41) is 9.97. The van der Waals surface area contributed by atoms with E-state index >= 15 is 0 Å². The molecule has 0 saturated heterocycles. The number of hydrazine groups is 1. The van der Waals surface area contributed by atoms with Gasteiger partial charge in [0.1, 0.15) is 16.8 Å². The van der Waals surface area contributed by atoms with Crippen LogP contribution >= 0.6 is 0 Å². The Morgan fingerprint density at radius 3 is 2.57 bits per heavy atom. The molecule has 1 heterocycles. The molecule has 0 fully saturated rings. The van der Waals surface area contributed by atoms with Crippen molar-refractivity contribution in [1.82, 2.24) is 10.4 Å². The molecule has 1 aliphatic carbocycles. The molecular weight excluding hydrogens is 354 g/mol. The van der Waals surface area contributed by atoms with Gasteiger partial charge >= 0.3 is 0 Å². The summed E-state index contributed by atoms with van der Waals surface area (Å²) in [5.41, 5.74) is 4.99. The van der Waals surface area contributed by atoms with Crippen LogP contribution in [0.4, 0.5) is 5.69 Å². The van der Waals surface area contributed by atoms with Crippen molar-refractivity contribution < 1.29 is 9.21 Å². The highest BCUT2D eigenvalue weighted by Gasteiger charge is 2.24. The van der Waals surface area contributed by atoms with Gasteiger partial charge < -0.3 is 9.32 Å². The Morgan fingerprint density at radius 2 is 1.89 bits per heavy atom. The second-order valence-electron chi connectivity index (χ2n) is 6.48. The van der Waals surface area contributed by atoms with E-state index in [1.54, 1.807) is 6.07 Å². The molecule has 0 bridgehead atoms. The Kier molecular flexibility index (Phi) is 4.44. The molecule has 28 heavy (non-hydrogen) atoms. The summed E-state index contributed by atoms with van der Waals surface area (Å²) in [5.74, 6) is 5.05. The van der Waals surface area contributed by atoms with Gasteiger partial charge in [-0.1, -0.05) is 24.3 Å². The molecule has 2 aromatic carbocycles. The predicted octanol–water partition coefficient (Wildman–Crippen LogP) is 3.01. The van der Waals surface area contributed by atoms with Gasteiger partial charge in [0, 0.05) is 35.6 Å². The van der Waals surface area contributed by atoms with E-state index in [1.807, 2.05) is 36.4 Å². The fourth-order valence-corrected chi connectivity index (χ4v) is 3.59. The quantitative estimate of drug-likeness (QED) is 0.167. The topological polar surface area (TPSA) is 108 Å². The highest BCUT2D eigenvalue weighted by Crippen LogP contribution is 2.33. The molecule has 1 aliphatic heterocycles. The van der Waals surface area contributed by atoms with Crippen LogP contribution < -0.4 is 21.5 Å². The van der Waals surface area contributed by atoms with Crippen LogP contribution in [0.5, 0.6) is 0 Å². The van der Waals surface area contributed by atoms with Crippen LogP contribution in [-0.4, -0.2) is 24.0 Å². The minimum atomic E-state index is -0.578. The lowest BCUT2D eigenvalue weighted by atomic mass is 9.98. The first-order chi connectivity index (χ1) is 13.6. The van der Waals surface area contributed by atoms with E-state index in [1.165, 1.54) is 0 Å². The minimum absolute atomic E-state index is 0.0656. The Bertz CT molecular complexity index is 1230. The molecule has 2 aliphatic rings. The number of benzene rings is 3. The molecule has 7 heteroatoms. The molecule has 0 aromatic heterocycles. The van der Waals surface area contributed by atoms with Gasteiger partial charge in [-0.15, -0.1) is 0 Å². The molecule has 0 saturated carbocycles. The van der Waals surface area contributed by atoms with Crippen molar-refractivity contribution in [2.45, 2.75) is 13.8 Å². The summed E-state index contributed by atoms with van der Waals surface area (Å²) in [4.78, 5) is 19.4. The van der Waals surface area contributed by atoms with Crippen molar-refractivity contribution in [2.75, 3.05) is 18.0 Å². The summed E-state index contributed by atoms with van der Waals surface area (Å²) in [7, 11) is 0. The number of nitrogens with zero attached hydrogens (tertiary/aromatic N) is 2. The number of anilines is 1. The van der Waals surface area contributed by atoms with E-state index in [-0.39, 0.29) is 16.7 Å². The Hall–Kier alpha value is -3.45. The van der Waals surface area contributed by atoms with Crippen LogP contribution in [-0.2, 0) is 0 Å². The van der Waals surface area contributed by atoms with Crippen LogP contribution in [0.15, 0.2) is 46.9 Å². The fraction of sp³-hybridized carbons (Fsp3) is 0.190. The van der Waals surface area contributed by atoms with Crippen molar-refractivity contribution >= 4 is 33.5 Å². The summed E-state index contributed by atoms with van der Waals surface area (Å²) < 4.78 is 6.14. The Labute approximate surface area is 161 Å². The third-order valence-corrected chi connectivity index (χ3v) is 5.02. The maximum atomic E-state index is 12.4. The fourth-order valence-electron chi connectivity index (χ4n) is 3.59. The number of nitrogen functional groups attached to an aromatic ring is 1. The number of amides is 1. The SMILES string of the molecule is CCN(CC)c1ccc2nc3c4ccccc4c(=N)c(C(=O)NN)c-3oc2c1. The molecule has 142 valence electrons. The van der Waals surface area contributed by atoms with E-state index in [2.05, 4.69) is 24.2 Å². The summed E-state index contributed by atoms with van der Waals surface area (Å²) >= 11 is 0. The van der Waals surface area contributed by atoms with Crippen LogP contribution in [0.25, 0.3) is 33.3 Å². The standard InChI is InChI=1S/C21H21N5O2/c1-3-26(4-2)12-9-10-15-16(11-12)28-20-17(21(27)25-23)18(22)13-7-5-6-8-14(13)19(20)24-15/h5-11,22H,3-4,23H2,1-2H3,(H,25,27). The molecule has 4 rings (SSSR count). The number of carbonyl (C=O) groups is 1. The monoisotopic (exact) mass is 375 g/mol. The minimum Gasteiger partial charge on any atom is -0.452 e. The lowest BCUT2D eigenvalue weighted by molar-refractivity contribution is 0.0951. The van der Waals surface area contributed by atoms with Crippen LogP contribution in [0.2, 0.25) is 0 Å². The number of fused-ring (bicyclic) bond motifs is 4. The van der Waals surface area contributed by atoms with Crippen LogP contribution in [0.3, 0.4) is 0 Å². The first-order valence-electron chi connectivity index (χ1n) is 9.18. The number of rotatable bonds is 4. The summed E-state index contributed by atoms with van der Waals surface area (Å²) in [6.45, 7) is 5.91. The number of nitrogens with two attached hydrogens (primary N) is 1. The predicted molar refractivity (Wildman–Crippen MR) is 109 cm³/mol. The van der Waals surface area contributed by atoms with Gasteiger partial charge in [-0.2, -0.15) is 0 Å². The molecule has 0 spiro atoms. The number of nitrogens with one attached hydrogen (secondary N) is 2. The molecule has 1 amide bonds. The second kappa shape index (κ2) is 6.94. The van der Waals surface area contributed by atoms with Gasteiger partial charge in [0.25, 0.3) is 5.91 Å². The highest BCUT2D eigenvalue weighted by molar-refractivity contribution is 6.07. The molecule has 0 radical (unpaired) electrons. The number of hydrogen-bond acceptors (Lipinski definition) is 6. The largest absolute Gasteiger partial charge is 0.452 e. The lowest BCUT2D eigenvalue weighted by Gasteiger charge is -2.21. The average Bonchev–Trinajstić information content (AvgIpc) is 2.73. The zero-order chi connectivity index (χ0) is 19.8. The normalized spacial score (nSPS) is 11.2. The van der Waals surface area contributed by atoms with Gasteiger partial charge in [0.15, 0.2) is 11.3 Å². The third kappa shape index (κ3) is 2.68. The van der Waals surface area contributed by atoms with E-state index in [4.69, 9.17) is 20.7 Å². The van der Waals surface area contributed by atoms with Crippen molar-refractivity contribution in [2.24, 2.45) is 5.84 Å². The molecular formula is C21H21N5O2. The summed E-state index contributed by atoms with van der Waals surface area (Å²) in [6.07, 6.45) is 0. The zero-order valence-corrected chi connectivity index (χ0v) is 15.7. The highest BCUT2D eigenvalue weighted by atomic mass is 16.3. The molecule has 0 atom stereocenters. The average molecular weight is 375 g/mol. The van der Waals surface area contributed by atoms with Crippen LogP contribution in [0.1, 0.15) is 24.2 Å². The van der Waals surface area contributed by atoms with Crippen molar-refractivity contribution in [1.29, 1.82) is 5.41 Å². The van der Waals surface area contributed by atoms with Crippen molar-refractivity contribution in [3.05, 3.63) is 53.4 Å². The van der Waals surface area contributed by atoms with E-state index in [9.17, 15) is 4.79 Å². The van der Waals surface area contributed by atoms with Gasteiger partial charge in [-0.3, -0.25) is 15.6 Å². The van der Waals surface area contributed by atoms with E-state index < -0.39 is 5.91 Å². The smallest absolute Gasteiger partial charge is 0.271 e. The van der Waals surface area contributed by atoms with E-state index in [0.29, 0.717) is 22.2 Å².